The predicted octanol–water partition coefficient (Wildman–Crippen LogP) is 2.25. The van der Waals surface area contributed by atoms with E-state index in [0.29, 0.717) is 5.56 Å². The second-order valence-corrected chi connectivity index (χ2v) is 5.56. The quantitative estimate of drug-likeness (QED) is 0.913. The van der Waals surface area contributed by atoms with E-state index < -0.39 is 0 Å². The molecule has 22 heavy (non-hydrogen) atoms. The smallest absolute Gasteiger partial charge is 0.247 e. The molecule has 1 unspecified atom stereocenters. The molecule has 2 N–H and O–H groups in total. The molecule has 0 saturated carbocycles. The molecule has 0 bridgehead atoms. The first-order valence-electron chi connectivity index (χ1n) is 7.38. The molecular formula is C17H17FN2O2. The van der Waals surface area contributed by atoms with Crippen LogP contribution in [-0.4, -0.2) is 10.9 Å². The predicted molar refractivity (Wildman–Crippen MR) is 81.0 cm³/mol. The Balaban J connectivity index is 1.73. The van der Waals surface area contributed by atoms with Crippen LogP contribution in [-0.2, 0) is 17.6 Å². The first-order valence-corrected chi connectivity index (χ1v) is 7.38. The standard InChI is InChI=1S/C17H17FN2O2/c18-13-5-1-3-12-4-2-6-14(17(12)13)20-16(22)9-11-7-8-15(21)19-10-11/h1,3,5,7-8,10,14H,2,4,6,9H2,(H,19,21)(H,20,22). The fourth-order valence-electron chi connectivity index (χ4n) is 2.96. The van der Waals surface area contributed by atoms with Gasteiger partial charge in [-0.05, 0) is 36.5 Å². The molecule has 114 valence electrons. The number of fused-ring (bicyclic) bond motifs is 1. The van der Waals surface area contributed by atoms with Crippen LogP contribution < -0.4 is 10.9 Å². The van der Waals surface area contributed by atoms with E-state index >= 15 is 0 Å². The number of nitrogens with one attached hydrogen (secondary N) is 2. The third kappa shape index (κ3) is 3.08. The number of aromatic nitrogens is 1. The van der Waals surface area contributed by atoms with Crippen LogP contribution in [0.3, 0.4) is 0 Å². The fraction of sp³-hybridized carbons (Fsp3) is 0.294. The summed E-state index contributed by atoms with van der Waals surface area (Å²) in [6.07, 6.45) is 4.21. The maximum atomic E-state index is 14.1. The number of hydrogen-bond donors (Lipinski definition) is 2. The van der Waals surface area contributed by atoms with Gasteiger partial charge in [0.2, 0.25) is 11.5 Å². The number of carbonyl (C=O) groups is 1. The molecule has 0 saturated heterocycles. The van der Waals surface area contributed by atoms with Gasteiger partial charge in [0.05, 0.1) is 12.5 Å². The highest BCUT2D eigenvalue weighted by atomic mass is 19.1. The van der Waals surface area contributed by atoms with Gasteiger partial charge in [0.25, 0.3) is 0 Å². The molecule has 1 aliphatic carbocycles. The molecule has 2 aromatic rings. The lowest BCUT2D eigenvalue weighted by atomic mass is 9.87. The van der Waals surface area contributed by atoms with Crippen molar-refractivity contribution >= 4 is 5.91 Å². The Morgan fingerprint density at radius 1 is 1.32 bits per heavy atom. The number of carbonyl (C=O) groups excluding carboxylic acids is 1. The van der Waals surface area contributed by atoms with E-state index in [9.17, 15) is 14.0 Å². The van der Waals surface area contributed by atoms with Crippen molar-refractivity contribution in [1.29, 1.82) is 0 Å². The fourth-order valence-corrected chi connectivity index (χ4v) is 2.96. The Morgan fingerprint density at radius 2 is 2.18 bits per heavy atom. The van der Waals surface area contributed by atoms with Crippen LogP contribution in [0.25, 0.3) is 0 Å². The summed E-state index contributed by atoms with van der Waals surface area (Å²) >= 11 is 0. The van der Waals surface area contributed by atoms with Crippen molar-refractivity contribution in [2.45, 2.75) is 31.7 Å². The Morgan fingerprint density at radius 3 is 2.95 bits per heavy atom. The van der Waals surface area contributed by atoms with Crippen LogP contribution in [0.5, 0.6) is 0 Å². The summed E-state index contributed by atoms with van der Waals surface area (Å²) in [4.78, 5) is 25.7. The molecule has 1 aromatic carbocycles. The van der Waals surface area contributed by atoms with Gasteiger partial charge in [0.1, 0.15) is 5.82 Å². The summed E-state index contributed by atoms with van der Waals surface area (Å²) in [6, 6.07) is 7.79. The zero-order chi connectivity index (χ0) is 15.5. The first kappa shape index (κ1) is 14.5. The van der Waals surface area contributed by atoms with E-state index in [1.807, 2.05) is 6.07 Å². The van der Waals surface area contributed by atoms with Crippen molar-refractivity contribution in [3.8, 4) is 0 Å². The summed E-state index contributed by atoms with van der Waals surface area (Å²) in [6.45, 7) is 0. The number of aromatic amines is 1. The summed E-state index contributed by atoms with van der Waals surface area (Å²) in [5.74, 6) is -0.431. The van der Waals surface area contributed by atoms with Crippen molar-refractivity contribution in [1.82, 2.24) is 10.3 Å². The second-order valence-electron chi connectivity index (χ2n) is 5.56. The van der Waals surface area contributed by atoms with Gasteiger partial charge in [-0.25, -0.2) is 4.39 Å². The van der Waals surface area contributed by atoms with Crippen molar-refractivity contribution in [3.05, 3.63) is 69.4 Å². The Bertz CT molecular complexity index is 734. The van der Waals surface area contributed by atoms with Crippen LogP contribution in [0.4, 0.5) is 4.39 Å². The SMILES string of the molecule is O=C(Cc1ccc(=O)[nH]c1)NC1CCCc2cccc(F)c21. The monoisotopic (exact) mass is 300 g/mol. The number of aryl methyl sites for hydroxylation is 1. The minimum absolute atomic E-state index is 0.164. The topological polar surface area (TPSA) is 62.0 Å². The molecule has 0 fully saturated rings. The van der Waals surface area contributed by atoms with Gasteiger partial charge in [-0.15, -0.1) is 0 Å². The molecule has 1 atom stereocenters. The first-order chi connectivity index (χ1) is 10.6. The molecule has 1 aliphatic rings. The van der Waals surface area contributed by atoms with E-state index in [0.717, 1.165) is 30.4 Å². The Labute approximate surface area is 127 Å². The van der Waals surface area contributed by atoms with Gasteiger partial charge in [0, 0.05) is 17.8 Å². The third-order valence-electron chi connectivity index (χ3n) is 3.98. The summed E-state index contributed by atoms with van der Waals surface area (Å²) in [5, 5.41) is 2.91. The highest BCUT2D eigenvalue weighted by Crippen LogP contribution is 2.31. The minimum Gasteiger partial charge on any atom is -0.349 e. The lowest BCUT2D eigenvalue weighted by Gasteiger charge is -2.26. The second kappa shape index (κ2) is 6.13. The van der Waals surface area contributed by atoms with E-state index in [1.54, 1.807) is 12.1 Å². The lowest BCUT2D eigenvalue weighted by Crippen LogP contribution is -2.32. The van der Waals surface area contributed by atoms with Gasteiger partial charge in [-0.2, -0.15) is 0 Å². The number of benzene rings is 1. The molecule has 1 heterocycles. The van der Waals surface area contributed by atoms with Gasteiger partial charge in [-0.1, -0.05) is 18.2 Å². The number of pyridine rings is 1. The number of rotatable bonds is 3. The molecule has 4 nitrogen and oxygen atoms in total. The molecule has 1 aromatic heterocycles. The largest absolute Gasteiger partial charge is 0.349 e. The normalized spacial score (nSPS) is 16.9. The van der Waals surface area contributed by atoms with Crippen LogP contribution in [0.1, 0.15) is 35.6 Å². The van der Waals surface area contributed by atoms with E-state index in [1.165, 1.54) is 18.3 Å². The maximum Gasteiger partial charge on any atom is 0.247 e. The van der Waals surface area contributed by atoms with Crippen molar-refractivity contribution in [3.63, 3.8) is 0 Å². The van der Waals surface area contributed by atoms with Crippen LogP contribution in [0.2, 0.25) is 0 Å². The highest BCUT2D eigenvalue weighted by molar-refractivity contribution is 5.79. The Kier molecular flexibility index (Phi) is 4.04. The lowest BCUT2D eigenvalue weighted by molar-refractivity contribution is -0.121. The molecule has 1 amide bonds. The molecule has 0 radical (unpaired) electrons. The number of hydrogen-bond acceptors (Lipinski definition) is 2. The number of amides is 1. The molecule has 0 aliphatic heterocycles. The van der Waals surface area contributed by atoms with Gasteiger partial charge >= 0.3 is 0 Å². The third-order valence-corrected chi connectivity index (χ3v) is 3.98. The Hall–Kier alpha value is -2.43. The van der Waals surface area contributed by atoms with E-state index in [-0.39, 0.29) is 29.7 Å². The van der Waals surface area contributed by atoms with E-state index in [4.69, 9.17) is 0 Å². The van der Waals surface area contributed by atoms with E-state index in [2.05, 4.69) is 10.3 Å². The molecule has 5 heteroatoms. The average molecular weight is 300 g/mol. The van der Waals surface area contributed by atoms with Crippen LogP contribution in [0.15, 0.2) is 41.3 Å². The number of halogens is 1. The van der Waals surface area contributed by atoms with Crippen molar-refractivity contribution in [2.75, 3.05) is 0 Å². The van der Waals surface area contributed by atoms with Crippen molar-refractivity contribution < 1.29 is 9.18 Å². The molecular weight excluding hydrogens is 283 g/mol. The zero-order valence-electron chi connectivity index (χ0n) is 12.1. The summed E-state index contributed by atoms with van der Waals surface area (Å²) in [7, 11) is 0. The summed E-state index contributed by atoms with van der Waals surface area (Å²) in [5.41, 5.74) is 2.11. The van der Waals surface area contributed by atoms with Crippen LogP contribution in [0, 0.1) is 5.82 Å². The molecule has 0 spiro atoms. The van der Waals surface area contributed by atoms with Gasteiger partial charge < -0.3 is 10.3 Å². The van der Waals surface area contributed by atoms with Gasteiger partial charge in [-0.3, -0.25) is 9.59 Å². The highest BCUT2D eigenvalue weighted by Gasteiger charge is 2.24. The zero-order valence-corrected chi connectivity index (χ0v) is 12.1. The summed E-state index contributed by atoms with van der Waals surface area (Å²) < 4.78 is 14.1. The minimum atomic E-state index is -0.278. The van der Waals surface area contributed by atoms with Crippen molar-refractivity contribution in [2.24, 2.45) is 0 Å². The maximum absolute atomic E-state index is 14.1. The average Bonchev–Trinajstić information content (AvgIpc) is 2.50. The van der Waals surface area contributed by atoms with Crippen LogP contribution >= 0.6 is 0 Å². The van der Waals surface area contributed by atoms with Gasteiger partial charge in [0.15, 0.2) is 0 Å². The molecule has 3 rings (SSSR count). The number of H-pyrrole nitrogens is 1.